The lowest BCUT2D eigenvalue weighted by Crippen LogP contribution is -2.18. The highest BCUT2D eigenvalue weighted by Gasteiger charge is 2.18. The Bertz CT molecular complexity index is 1690. The van der Waals surface area contributed by atoms with Crippen LogP contribution in [0.2, 0.25) is 0 Å². The summed E-state index contributed by atoms with van der Waals surface area (Å²) in [6.07, 6.45) is 6.93. The molecule has 0 unspecified atom stereocenters. The third-order valence-corrected chi connectivity index (χ3v) is 6.15. The minimum atomic E-state index is 0.605. The quantitative estimate of drug-likeness (QED) is 0.301. The number of hydrogen-bond donors (Lipinski definition) is 1. The van der Waals surface area contributed by atoms with E-state index in [2.05, 4.69) is 38.1 Å². The maximum absolute atomic E-state index is 6.13. The van der Waals surface area contributed by atoms with Gasteiger partial charge in [0, 0.05) is 42.0 Å². The number of pyridine rings is 3. The second kappa shape index (κ2) is 10.2. The van der Waals surface area contributed by atoms with E-state index < -0.39 is 0 Å². The molecule has 0 aliphatic rings. The van der Waals surface area contributed by atoms with Gasteiger partial charge in [-0.15, -0.1) is 0 Å². The Morgan fingerprint density at radius 2 is 1.79 bits per heavy atom. The SMILES string of the molecule is Cc1cccc(-c2[nH]c(CN(C)Cc3ccccc3Oc3ccncc3)nc2-c2ccc3ncnn3c2)n1. The van der Waals surface area contributed by atoms with E-state index in [1.54, 1.807) is 23.2 Å². The number of nitrogens with one attached hydrogen (secondary N) is 1. The van der Waals surface area contributed by atoms with E-state index in [-0.39, 0.29) is 0 Å². The number of imidazole rings is 1. The monoisotopic (exact) mass is 502 g/mol. The van der Waals surface area contributed by atoms with Gasteiger partial charge in [-0.2, -0.15) is 5.10 Å². The molecule has 0 aliphatic heterocycles. The van der Waals surface area contributed by atoms with Crippen molar-refractivity contribution >= 4 is 5.65 Å². The van der Waals surface area contributed by atoms with Crippen LogP contribution in [0.3, 0.4) is 0 Å². The maximum atomic E-state index is 6.13. The van der Waals surface area contributed by atoms with Gasteiger partial charge in [-0.1, -0.05) is 24.3 Å². The Hall–Kier alpha value is -4.89. The lowest BCUT2D eigenvalue weighted by atomic mass is 10.1. The summed E-state index contributed by atoms with van der Waals surface area (Å²) in [6.45, 7) is 3.27. The lowest BCUT2D eigenvalue weighted by molar-refractivity contribution is 0.307. The van der Waals surface area contributed by atoms with E-state index in [0.717, 1.165) is 56.9 Å². The fourth-order valence-electron chi connectivity index (χ4n) is 4.40. The number of para-hydroxylation sites is 1. The summed E-state index contributed by atoms with van der Waals surface area (Å²) in [5.74, 6) is 2.41. The van der Waals surface area contributed by atoms with Gasteiger partial charge in [0.1, 0.15) is 23.7 Å². The summed E-state index contributed by atoms with van der Waals surface area (Å²) in [7, 11) is 2.07. The molecule has 188 valence electrons. The van der Waals surface area contributed by atoms with Crippen LogP contribution >= 0.6 is 0 Å². The van der Waals surface area contributed by atoms with Crippen LogP contribution in [0, 0.1) is 6.92 Å². The van der Waals surface area contributed by atoms with Crippen molar-refractivity contribution in [2.45, 2.75) is 20.0 Å². The zero-order valence-corrected chi connectivity index (χ0v) is 21.1. The van der Waals surface area contributed by atoms with Crippen LogP contribution in [0.5, 0.6) is 11.5 Å². The Kier molecular flexibility index (Phi) is 6.33. The molecule has 38 heavy (non-hydrogen) atoms. The van der Waals surface area contributed by atoms with Crippen LogP contribution in [0.25, 0.3) is 28.3 Å². The van der Waals surface area contributed by atoms with Crippen LogP contribution in [-0.4, -0.2) is 46.5 Å². The number of rotatable bonds is 8. The van der Waals surface area contributed by atoms with Crippen molar-refractivity contribution in [3.05, 3.63) is 109 Å². The van der Waals surface area contributed by atoms with Crippen LogP contribution in [-0.2, 0) is 13.1 Å². The summed E-state index contributed by atoms with van der Waals surface area (Å²) < 4.78 is 7.88. The van der Waals surface area contributed by atoms with Gasteiger partial charge in [0.2, 0.25) is 0 Å². The highest BCUT2D eigenvalue weighted by atomic mass is 16.5. The second-order valence-corrected chi connectivity index (χ2v) is 9.12. The number of hydrogen-bond acceptors (Lipinski definition) is 7. The zero-order valence-electron chi connectivity index (χ0n) is 21.1. The molecule has 9 heteroatoms. The maximum Gasteiger partial charge on any atom is 0.155 e. The van der Waals surface area contributed by atoms with E-state index in [1.165, 1.54) is 0 Å². The number of aromatic nitrogens is 7. The molecule has 0 spiro atoms. The minimum Gasteiger partial charge on any atom is -0.457 e. The van der Waals surface area contributed by atoms with Crippen molar-refractivity contribution in [1.29, 1.82) is 0 Å². The van der Waals surface area contributed by atoms with Gasteiger partial charge in [-0.05, 0) is 56.4 Å². The van der Waals surface area contributed by atoms with E-state index in [4.69, 9.17) is 14.7 Å². The molecule has 9 nitrogen and oxygen atoms in total. The van der Waals surface area contributed by atoms with Crippen LogP contribution < -0.4 is 4.74 Å². The third-order valence-electron chi connectivity index (χ3n) is 6.15. The summed E-state index contributed by atoms with van der Waals surface area (Å²) in [4.78, 5) is 23.8. The predicted octanol–water partition coefficient (Wildman–Crippen LogP) is 5.31. The molecule has 0 fully saturated rings. The summed E-state index contributed by atoms with van der Waals surface area (Å²) in [5.41, 5.74) is 6.28. The topological polar surface area (TPSA) is 97.1 Å². The largest absolute Gasteiger partial charge is 0.457 e. The summed E-state index contributed by atoms with van der Waals surface area (Å²) in [6, 6.07) is 21.7. The molecule has 0 saturated heterocycles. The highest BCUT2D eigenvalue weighted by molar-refractivity contribution is 5.77. The van der Waals surface area contributed by atoms with Gasteiger partial charge in [0.25, 0.3) is 0 Å². The van der Waals surface area contributed by atoms with E-state index in [9.17, 15) is 0 Å². The number of nitrogens with zero attached hydrogens (tertiary/aromatic N) is 7. The molecule has 1 aromatic carbocycles. The van der Waals surface area contributed by atoms with Gasteiger partial charge in [0.05, 0.1) is 23.6 Å². The average molecular weight is 503 g/mol. The van der Waals surface area contributed by atoms with Gasteiger partial charge < -0.3 is 9.72 Å². The number of ether oxygens (including phenoxy) is 1. The van der Waals surface area contributed by atoms with Crippen molar-refractivity contribution < 1.29 is 4.74 Å². The van der Waals surface area contributed by atoms with Crippen LogP contribution in [0.15, 0.2) is 91.6 Å². The Morgan fingerprint density at radius 3 is 2.66 bits per heavy atom. The fraction of sp³-hybridized carbons (Fsp3) is 0.138. The normalized spacial score (nSPS) is 11.3. The second-order valence-electron chi connectivity index (χ2n) is 9.12. The molecule has 5 heterocycles. The number of H-pyrrole nitrogens is 1. The first kappa shape index (κ1) is 23.5. The first-order valence-electron chi connectivity index (χ1n) is 12.3. The van der Waals surface area contributed by atoms with Crippen molar-refractivity contribution in [2.24, 2.45) is 0 Å². The molecule has 5 aromatic heterocycles. The molecular weight excluding hydrogens is 476 g/mol. The highest BCUT2D eigenvalue weighted by Crippen LogP contribution is 2.30. The predicted molar refractivity (Wildman–Crippen MR) is 144 cm³/mol. The molecule has 1 N–H and O–H groups in total. The number of aromatic amines is 1. The van der Waals surface area contributed by atoms with Gasteiger partial charge in [-0.3, -0.25) is 14.9 Å². The number of benzene rings is 1. The van der Waals surface area contributed by atoms with Crippen molar-refractivity contribution in [2.75, 3.05) is 7.05 Å². The third kappa shape index (κ3) is 5.00. The lowest BCUT2D eigenvalue weighted by Gasteiger charge is -2.18. The van der Waals surface area contributed by atoms with Gasteiger partial charge in [0.15, 0.2) is 5.65 Å². The summed E-state index contributed by atoms with van der Waals surface area (Å²) in [5, 5.41) is 4.29. The first-order valence-corrected chi connectivity index (χ1v) is 12.3. The van der Waals surface area contributed by atoms with Crippen molar-refractivity contribution in [1.82, 2.24) is 39.4 Å². The smallest absolute Gasteiger partial charge is 0.155 e. The Balaban J connectivity index is 1.29. The molecule has 0 atom stereocenters. The average Bonchev–Trinajstić information content (AvgIpc) is 3.57. The molecule has 0 amide bonds. The molecule has 0 radical (unpaired) electrons. The molecule has 6 aromatic rings. The van der Waals surface area contributed by atoms with E-state index >= 15 is 0 Å². The molecule has 6 rings (SSSR count). The standard InChI is InChI=1S/C29H26N8O/c1-20-6-5-8-24(33-20)29-28(22-10-11-27-31-19-32-37(27)17-22)34-26(35-29)18-36(2)16-21-7-3-4-9-25(21)38-23-12-14-30-15-13-23/h3-15,17,19H,16,18H2,1-2H3,(H,34,35). The van der Waals surface area contributed by atoms with Crippen LogP contribution in [0.4, 0.5) is 0 Å². The van der Waals surface area contributed by atoms with E-state index in [0.29, 0.717) is 13.1 Å². The van der Waals surface area contributed by atoms with Gasteiger partial charge in [-0.25, -0.2) is 14.5 Å². The van der Waals surface area contributed by atoms with Crippen molar-refractivity contribution in [3.63, 3.8) is 0 Å². The first-order chi connectivity index (χ1) is 18.6. The Morgan fingerprint density at radius 1 is 0.921 bits per heavy atom. The minimum absolute atomic E-state index is 0.605. The fourth-order valence-corrected chi connectivity index (χ4v) is 4.40. The van der Waals surface area contributed by atoms with Gasteiger partial charge >= 0.3 is 0 Å². The molecule has 0 saturated carbocycles. The zero-order chi connectivity index (χ0) is 25.9. The van der Waals surface area contributed by atoms with Crippen molar-refractivity contribution in [3.8, 4) is 34.1 Å². The molecular formula is C29H26N8O. The number of fused-ring (bicyclic) bond motifs is 1. The molecule has 0 bridgehead atoms. The molecule has 0 aliphatic carbocycles. The summed E-state index contributed by atoms with van der Waals surface area (Å²) >= 11 is 0. The Labute approximate surface area is 219 Å². The van der Waals surface area contributed by atoms with Crippen LogP contribution in [0.1, 0.15) is 17.1 Å². The number of aryl methyl sites for hydroxylation is 1. The van der Waals surface area contributed by atoms with E-state index in [1.807, 2.05) is 73.8 Å².